The SMILES string of the molecule is NCC(=O)NC(CS)C(=O)NCC(=O)NC(CS)C(=O)O. The lowest BCUT2D eigenvalue weighted by Crippen LogP contribution is -2.52. The van der Waals surface area contributed by atoms with Crippen molar-refractivity contribution < 1.29 is 24.3 Å². The van der Waals surface area contributed by atoms with Crippen LogP contribution in [0.25, 0.3) is 0 Å². The van der Waals surface area contributed by atoms with Crippen molar-refractivity contribution in [2.45, 2.75) is 12.1 Å². The van der Waals surface area contributed by atoms with Crippen LogP contribution in [-0.2, 0) is 19.2 Å². The van der Waals surface area contributed by atoms with Gasteiger partial charge in [-0.1, -0.05) is 0 Å². The van der Waals surface area contributed by atoms with E-state index in [9.17, 15) is 19.2 Å². The first-order valence-electron chi connectivity index (χ1n) is 5.86. The summed E-state index contributed by atoms with van der Waals surface area (Å²) < 4.78 is 0. The van der Waals surface area contributed by atoms with E-state index in [1.807, 2.05) is 0 Å². The van der Waals surface area contributed by atoms with Crippen molar-refractivity contribution in [2.24, 2.45) is 5.73 Å². The van der Waals surface area contributed by atoms with Crippen LogP contribution in [0.2, 0.25) is 0 Å². The number of hydrogen-bond donors (Lipinski definition) is 7. The van der Waals surface area contributed by atoms with E-state index in [4.69, 9.17) is 10.8 Å². The van der Waals surface area contributed by atoms with Crippen LogP contribution in [0.5, 0.6) is 0 Å². The second-order valence-corrected chi connectivity index (χ2v) is 4.60. The standard InChI is InChI=1S/C10H18N4O5S2/c11-1-7(15)13-5(3-20)9(17)12-2-8(16)14-6(4-21)10(18)19/h5-6,20-21H,1-4,11H2,(H,12,17)(H,13,15)(H,14,16)(H,18,19). The summed E-state index contributed by atoms with van der Waals surface area (Å²) in [6, 6.07) is -2.08. The number of carboxylic acid groups (broad SMARTS) is 1. The molecule has 3 amide bonds. The summed E-state index contributed by atoms with van der Waals surface area (Å²) in [5.74, 6) is -3.13. The van der Waals surface area contributed by atoms with Crippen LogP contribution >= 0.6 is 25.3 Å². The maximum Gasteiger partial charge on any atom is 0.327 e. The van der Waals surface area contributed by atoms with E-state index in [1.54, 1.807) is 0 Å². The Morgan fingerprint density at radius 3 is 1.95 bits per heavy atom. The smallest absolute Gasteiger partial charge is 0.327 e. The number of carbonyl (C=O) groups is 4. The zero-order valence-electron chi connectivity index (χ0n) is 11.0. The molecule has 0 saturated carbocycles. The molecule has 0 heterocycles. The molecule has 0 aromatic rings. The lowest BCUT2D eigenvalue weighted by Gasteiger charge is -2.16. The summed E-state index contributed by atoms with van der Waals surface area (Å²) in [7, 11) is 0. The Hall–Kier alpha value is -1.46. The molecule has 11 heteroatoms. The molecule has 0 aromatic carbocycles. The van der Waals surface area contributed by atoms with E-state index in [0.717, 1.165) is 0 Å². The molecular weight excluding hydrogens is 320 g/mol. The van der Waals surface area contributed by atoms with Crippen LogP contribution in [0, 0.1) is 0 Å². The molecule has 0 aromatic heterocycles. The van der Waals surface area contributed by atoms with E-state index >= 15 is 0 Å². The predicted octanol–water partition coefficient (Wildman–Crippen LogP) is -3.02. The lowest BCUT2D eigenvalue weighted by molar-refractivity contribution is -0.141. The van der Waals surface area contributed by atoms with Crippen molar-refractivity contribution >= 4 is 48.9 Å². The quantitative estimate of drug-likeness (QED) is 0.222. The molecule has 2 atom stereocenters. The second kappa shape index (κ2) is 10.3. The van der Waals surface area contributed by atoms with E-state index < -0.39 is 42.3 Å². The van der Waals surface area contributed by atoms with Gasteiger partial charge in [0.25, 0.3) is 0 Å². The van der Waals surface area contributed by atoms with Crippen LogP contribution in [-0.4, -0.2) is 65.5 Å². The Labute approximate surface area is 132 Å². The number of rotatable bonds is 9. The Bertz CT molecular complexity index is 407. The Kier molecular flexibility index (Phi) is 9.58. The largest absolute Gasteiger partial charge is 0.480 e. The van der Waals surface area contributed by atoms with E-state index in [2.05, 4.69) is 41.2 Å². The van der Waals surface area contributed by atoms with Crippen molar-refractivity contribution in [3.63, 3.8) is 0 Å². The number of carboxylic acids is 1. The van der Waals surface area contributed by atoms with Crippen LogP contribution in [0.4, 0.5) is 0 Å². The number of hydrogen-bond acceptors (Lipinski definition) is 7. The van der Waals surface area contributed by atoms with Gasteiger partial charge in [-0.3, -0.25) is 14.4 Å². The average molecular weight is 338 g/mol. The third kappa shape index (κ3) is 7.78. The molecule has 0 rings (SSSR count). The molecule has 0 radical (unpaired) electrons. The normalized spacial score (nSPS) is 12.9. The third-order valence-corrected chi connectivity index (χ3v) is 2.99. The highest BCUT2D eigenvalue weighted by Gasteiger charge is 2.21. The number of thiol groups is 2. The van der Waals surface area contributed by atoms with Gasteiger partial charge in [-0.05, 0) is 0 Å². The molecule has 0 spiro atoms. The third-order valence-electron chi connectivity index (χ3n) is 2.26. The maximum absolute atomic E-state index is 11.7. The highest BCUT2D eigenvalue weighted by molar-refractivity contribution is 7.80. The molecule has 0 saturated heterocycles. The first kappa shape index (κ1) is 19.5. The van der Waals surface area contributed by atoms with Crippen LogP contribution in [0.1, 0.15) is 0 Å². The number of nitrogens with two attached hydrogens (primary N) is 1. The molecule has 0 aliphatic heterocycles. The van der Waals surface area contributed by atoms with Gasteiger partial charge < -0.3 is 26.8 Å². The molecule has 2 unspecified atom stereocenters. The van der Waals surface area contributed by atoms with Gasteiger partial charge in [0.05, 0.1) is 13.1 Å². The molecule has 0 bridgehead atoms. The molecule has 0 aliphatic carbocycles. The lowest BCUT2D eigenvalue weighted by atomic mass is 10.3. The summed E-state index contributed by atoms with van der Waals surface area (Å²) in [5, 5.41) is 15.5. The summed E-state index contributed by atoms with van der Waals surface area (Å²) in [4.78, 5) is 44.9. The van der Waals surface area contributed by atoms with Crippen molar-refractivity contribution in [2.75, 3.05) is 24.6 Å². The van der Waals surface area contributed by atoms with Gasteiger partial charge in [-0.25, -0.2) is 4.79 Å². The molecule has 21 heavy (non-hydrogen) atoms. The first-order chi connectivity index (χ1) is 9.85. The van der Waals surface area contributed by atoms with Crippen molar-refractivity contribution in [3.8, 4) is 0 Å². The van der Waals surface area contributed by atoms with Gasteiger partial charge in [-0.2, -0.15) is 25.3 Å². The number of amides is 3. The molecule has 0 fully saturated rings. The van der Waals surface area contributed by atoms with Gasteiger partial charge in [-0.15, -0.1) is 0 Å². The fraction of sp³-hybridized carbons (Fsp3) is 0.600. The van der Waals surface area contributed by atoms with Gasteiger partial charge in [0, 0.05) is 11.5 Å². The highest BCUT2D eigenvalue weighted by atomic mass is 32.1. The minimum absolute atomic E-state index is 0.0214. The van der Waals surface area contributed by atoms with E-state index in [0.29, 0.717) is 0 Å². The van der Waals surface area contributed by atoms with Gasteiger partial charge >= 0.3 is 5.97 Å². The fourth-order valence-corrected chi connectivity index (χ4v) is 1.67. The van der Waals surface area contributed by atoms with Crippen molar-refractivity contribution in [1.82, 2.24) is 16.0 Å². The highest BCUT2D eigenvalue weighted by Crippen LogP contribution is 1.90. The summed E-state index contributed by atoms with van der Waals surface area (Å²) in [5.41, 5.74) is 5.10. The summed E-state index contributed by atoms with van der Waals surface area (Å²) in [6.07, 6.45) is 0. The van der Waals surface area contributed by atoms with Crippen LogP contribution < -0.4 is 21.7 Å². The maximum atomic E-state index is 11.7. The van der Waals surface area contributed by atoms with Gasteiger partial charge in [0.2, 0.25) is 17.7 Å². The minimum atomic E-state index is -1.23. The van der Waals surface area contributed by atoms with Crippen molar-refractivity contribution in [3.05, 3.63) is 0 Å². The monoisotopic (exact) mass is 338 g/mol. The topological polar surface area (TPSA) is 151 Å². The minimum Gasteiger partial charge on any atom is -0.480 e. The molecule has 6 N–H and O–H groups in total. The van der Waals surface area contributed by atoms with E-state index in [-0.39, 0.29) is 18.1 Å². The average Bonchev–Trinajstić information content (AvgIpc) is 2.46. The Morgan fingerprint density at radius 2 is 1.52 bits per heavy atom. The fourth-order valence-electron chi connectivity index (χ4n) is 1.17. The van der Waals surface area contributed by atoms with Gasteiger partial charge in [0.15, 0.2) is 0 Å². The second-order valence-electron chi connectivity index (χ2n) is 3.87. The predicted molar refractivity (Wildman–Crippen MR) is 81.3 cm³/mol. The zero-order valence-corrected chi connectivity index (χ0v) is 12.8. The van der Waals surface area contributed by atoms with Crippen LogP contribution in [0.3, 0.4) is 0 Å². The number of nitrogens with one attached hydrogen (secondary N) is 3. The molecule has 0 aliphatic rings. The van der Waals surface area contributed by atoms with Crippen LogP contribution in [0.15, 0.2) is 0 Å². The zero-order chi connectivity index (χ0) is 16.4. The first-order valence-corrected chi connectivity index (χ1v) is 7.13. The van der Waals surface area contributed by atoms with E-state index in [1.165, 1.54) is 0 Å². The summed E-state index contributed by atoms with van der Waals surface area (Å²) in [6.45, 7) is -0.709. The molecular formula is C10H18N4O5S2. The van der Waals surface area contributed by atoms with Gasteiger partial charge in [0.1, 0.15) is 12.1 Å². The Morgan fingerprint density at radius 1 is 1.00 bits per heavy atom. The molecule has 9 nitrogen and oxygen atoms in total. The number of aliphatic carboxylic acids is 1. The Balaban J connectivity index is 4.30. The summed E-state index contributed by atoms with van der Waals surface area (Å²) >= 11 is 7.69. The number of carbonyl (C=O) groups excluding carboxylic acids is 3. The molecule has 120 valence electrons. The van der Waals surface area contributed by atoms with Crippen molar-refractivity contribution in [1.29, 1.82) is 0 Å².